The first-order chi connectivity index (χ1) is 15.1. The molecule has 10 heteroatoms. The van der Waals surface area contributed by atoms with Gasteiger partial charge < -0.3 is 10.1 Å². The van der Waals surface area contributed by atoms with Crippen LogP contribution in [0.25, 0.3) is 0 Å². The molecule has 0 bridgehead atoms. The first kappa shape index (κ1) is 24.8. The SMILES string of the molecule is COc1ccc(Cl)cc1N1C(=O)CN(S(C)(=O)=O)C[C@]1(C)C(=O)NC1CCCCCCC1. The van der Waals surface area contributed by atoms with Gasteiger partial charge in [-0.25, -0.2) is 8.42 Å². The molecule has 8 nitrogen and oxygen atoms in total. The summed E-state index contributed by atoms with van der Waals surface area (Å²) in [7, 11) is -2.22. The molecule has 0 radical (unpaired) electrons. The lowest BCUT2D eigenvalue weighted by molar-refractivity contribution is -0.133. The summed E-state index contributed by atoms with van der Waals surface area (Å²) >= 11 is 6.20. The Kier molecular flexibility index (Phi) is 7.73. The summed E-state index contributed by atoms with van der Waals surface area (Å²) in [5, 5.41) is 3.49. The molecular weight excluding hydrogens is 454 g/mol. The van der Waals surface area contributed by atoms with Crippen LogP contribution in [0.15, 0.2) is 18.2 Å². The molecular formula is C22H32ClN3O5S. The minimum absolute atomic E-state index is 0.00792. The van der Waals surface area contributed by atoms with Crippen LogP contribution in [0, 0.1) is 0 Å². The van der Waals surface area contributed by atoms with Crippen molar-refractivity contribution in [1.82, 2.24) is 9.62 Å². The lowest BCUT2D eigenvalue weighted by atomic mass is 9.92. The Morgan fingerprint density at radius 2 is 1.81 bits per heavy atom. The summed E-state index contributed by atoms with van der Waals surface area (Å²) in [5.41, 5.74) is -1.13. The second-order valence-corrected chi connectivity index (χ2v) is 11.3. The van der Waals surface area contributed by atoms with Crippen LogP contribution in [0.5, 0.6) is 5.75 Å². The van der Waals surface area contributed by atoms with E-state index in [4.69, 9.17) is 16.3 Å². The fourth-order valence-electron chi connectivity index (χ4n) is 4.55. The van der Waals surface area contributed by atoms with Crippen molar-refractivity contribution < 1.29 is 22.7 Å². The second-order valence-electron chi connectivity index (χ2n) is 8.87. The monoisotopic (exact) mass is 485 g/mol. The molecule has 178 valence electrons. The number of amides is 2. The Bertz CT molecular complexity index is 962. The zero-order valence-electron chi connectivity index (χ0n) is 18.9. The average molecular weight is 486 g/mol. The number of carbonyl (C=O) groups excluding carboxylic acids is 2. The number of nitrogens with one attached hydrogen (secondary N) is 1. The van der Waals surface area contributed by atoms with Gasteiger partial charge in [0.15, 0.2) is 0 Å². The highest BCUT2D eigenvalue weighted by Crippen LogP contribution is 2.38. The van der Waals surface area contributed by atoms with E-state index in [1.165, 1.54) is 18.4 Å². The van der Waals surface area contributed by atoms with Crippen molar-refractivity contribution in [2.75, 3.05) is 31.4 Å². The zero-order chi connectivity index (χ0) is 23.5. The minimum Gasteiger partial charge on any atom is -0.495 e. The molecule has 3 rings (SSSR count). The Morgan fingerprint density at radius 3 is 2.41 bits per heavy atom. The van der Waals surface area contributed by atoms with Gasteiger partial charge in [-0.15, -0.1) is 0 Å². The van der Waals surface area contributed by atoms with Gasteiger partial charge in [-0.1, -0.05) is 43.7 Å². The van der Waals surface area contributed by atoms with Crippen LogP contribution in [0.1, 0.15) is 51.9 Å². The van der Waals surface area contributed by atoms with Gasteiger partial charge in [0, 0.05) is 17.6 Å². The van der Waals surface area contributed by atoms with E-state index >= 15 is 0 Å². The molecule has 0 unspecified atom stereocenters. The van der Waals surface area contributed by atoms with Crippen molar-refractivity contribution in [1.29, 1.82) is 0 Å². The minimum atomic E-state index is -3.69. The summed E-state index contributed by atoms with van der Waals surface area (Å²) in [4.78, 5) is 28.3. The van der Waals surface area contributed by atoms with Gasteiger partial charge in [0.2, 0.25) is 21.8 Å². The van der Waals surface area contributed by atoms with E-state index in [1.807, 2.05) is 0 Å². The molecule has 1 saturated heterocycles. The number of ether oxygens (including phenoxy) is 1. The summed E-state index contributed by atoms with van der Waals surface area (Å²) in [5.74, 6) is -0.523. The number of anilines is 1. The number of nitrogens with zero attached hydrogens (tertiary/aromatic N) is 2. The summed E-state index contributed by atoms with van der Waals surface area (Å²) < 4.78 is 31.1. The molecule has 1 saturated carbocycles. The maximum Gasteiger partial charge on any atom is 0.247 e. The number of methoxy groups -OCH3 is 1. The van der Waals surface area contributed by atoms with Crippen LogP contribution >= 0.6 is 11.6 Å². The maximum absolute atomic E-state index is 13.7. The molecule has 2 aliphatic rings. The van der Waals surface area contributed by atoms with E-state index in [9.17, 15) is 18.0 Å². The van der Waals surface area contributed by atoms with Crippen molar-refractivity contribution in [3.63, 3.8) is 0 Å². The van der Waals surface area contributed by atoms with Crippen LogP contribution in [0.3, 0.4) is 0 Å². The van der Waals surface area contributed by atoms with Crippen LogP contribution in [0.4, 0.5) is 5.69 Å². The van der Waals surface area contributed by atoms with E-state index in [0.29, 0.717) is 16.5 Å². The lowest BCUT2D eigenvalue weighted by Gasteiger charge is -2.47. The number of sulfonamides is 1. The first-order valence-electron chi connectivity index (χ1n) is 11.0. The van der Waals surface area contributed by atoms with E-state index in [0.717, 1.165) is 49.1 Å². The van der Waals surface area contributed by atoms with E-state index in [2.05, 4.69) is 5.32 Å². The quantitative estimate of drug-likeness (QED) is 0.691. The molecule has 2 amide bonds. The van der Waals surface area contributed by atoms with Gasteiger partial charge in [0.25, 0.3) is 0 Å². The lowest BCUT2D eigenvalue weighted by Crippen LogP contribution is -2.70. The van der Waals surface area contributed by atoms with Crippen molar-refractivity contribution in [2.24, 2.45) is 0 Å². The number of hydrogen-bond donors (Lipinski definition) is 1. The topological polar surface area (TPSA) is 96.0 Å². The van der Waals surface area contributed by atoms with Crippen LogP contribution in [0.2, 0.25) is 5.02 Å². The standard InChI is InChI=1S/C22H32ClN3O5S/c1-22(21(28)24-17-9-7-5-4-6-8-10-17)15-25(32(3,29)30)14-20(27)26(22)18-13-16(23)11-12-19(18)31-2/h11-13,17H,4-10,14-15H2,1-3H3,(H,24,28)/t22-/m1/s1. The molecule has 1 aliphatic carbocycles. The number of carbonyl (C=O) groups is 2. The molecule has 1 atom stereocenters. The van der Waals surface area contributed by atoms with Crippen molar-refractivity contribution in [2.45, 2.75) is 63.5 Å². The average Bonchev–Trinajstić information content (AvgIpc) is 2.68. The van der Waals surface area contributed by atoms with E-state index < -0.39 is 21.5 Å². The summed E-state index contributed by atoms with van der Waals surface area (Å²) in [6.07, 6.45) is 8.31. The Morgan fingerprint density at radius 1 is 1.19 bits per heavy atom. The normalized spacial score (nSPS) is 24.0. The van der Waals surface area contributed by atoms with Gasteiger partial charge in [-0.3, -0.25) is 14.5 Å². The third-order valence-electron chi connectivity index (χ3n) is 6.32. The third kappa shape index (κ3) is 5.38. The maximum atomic E-state index is 13.7. The highest BCUT2D eigenvalue weighted by molar-refractivity contribution is 7.88. The van der Waals surface area contributed by atoms with Crippen molar-refractivity contribution in [3.05, 3.63) is 23.2 Å². The van der Waals surface area contributed by atoms with E-state index in [1.54, 1.807) is 25.1 Å². The molecule has 1 N–H and O–H groups in total. The molecule has 32 heavy (non-hydrogen) atoms. The van der Waals surface area contributed by atoms with Gasteiger partial charge in [0.1, 0.15) is 11.3 Å². The van der Waals surface area contributed by atoms with Gasteiger partial charge in [-0.2, -0.15) is 4.31 Å². The van der Waals surface area contributed by atoms with Crippen molar-refractivity contribution >= 4 is 39.1 Å². The first-order valence-corrected chi connectivity index (χ1v) is 13.2. The number of halogens is 1. The predicted molar refractivity (Wildman–Crippen MR) is 125 cm³/mol. The molecule has 2 fully saturated rings. The highest BCUT2D eigenvalue weighted by Gasteiger charge is 2.51. The van der Waals surface area contributed by atoms with Crippen LogP contribution in [-0.4, -0.2) is 62.6 Å². The smallest absolute Gasteiger partial charge is 0.247 e. The van der Waals surface area contributed by atoms with Crippen LogP contribution < -0.4 is 15.0 Å². The molecule has 1 aliphatic heterocycles. The van der Waals surface area contributed by atoms with Crippen LogP contribution in [-0.2, 0) is 19.6 Å². The predicted octanol–water partition coefficient (Wildman–Crippen LogP) is 2.94. The zero-order valence-corrected chi connectivity index (χ0v) is 20.5. The Hall–Kier alpha value is -1.84. The molecule has 1 aromatic carbocycles. The third-order valence-corrected chi connectivity index (χ3v) is 7.75. The van der Waals surface area contributed by atoms with Gasteiger partial charge >= 0.3 is 0 Å². The van der Waals surface area contributed by atoms with Gasteiger partial charge in [-0.05, 0) is 38.0 Å². The molecule has 0 spiro atoms. The van der Waals surface area contributed by atoms with E-state index in [-0.39, 0.29) is 25.0 Å². The largest absolute Gasteiger partial charge is 0.495 e. The number of hydrogen-bond acceptors (Lipinski definition) is 5. The number of piperazine rings is 1. The summed E-state index contributed by atoms with van der Waals surface area (Å²) in [6, 6.07) is 4.82. The fourth-order valence-corrected chi connectivity index (χ4v) is 5.55. The second kappa shape index (κ2) is 9.97. The Labute approximate surface area is 195 Å². The Balaban J connectivity index is 2.01. The van der Waals surface area contributed by atoms with Gasteiger partial charge in [0.05, 0.1) is 25.6 Å². The molecule has 0 aromatic heterocycles. The molecule has 1 heterocycles. The summed E-state index contributed by atoms with van der Waals surface area (Å²) in [6.45, 7) is 1.08. The number of rotatable bonds is 5. The fraction of sp³-hybridized carbons (Fsp3) is 0.636. The highest BCUT2D eigenvalue weighted by atomic mass is 35.5. The molecule has 1 aromatic rings. The number of benzene rings is 1. The van der Waals surface area contributed by atoms with Crippen molar-refractivity contribution in [3.8, 4) is 5.75 Å².